The standard InChI is InChI=1S/C32H32FN3O3/c1-21-6-10-28-29-16-24(7-11-30(29)36-31(28)14-21)19-38-27-9-8-25(18-34-12-13-35-22(2)37)32(17-27)39-20-23-4-3-5-26(33)15-23/h3-11,14-17,34,36H,12-13,18-20H2,1-2H3,(H,35,37). The number of hydrogen-bond acceptors (Lipinski definition) is 4. The second-order valence-electron chi connectivity index (χ2n) is 9.69. The molecule has 7 heteroatoms. The van der Waals surface area contributed by atoms with E-state index in [0.29, 0.717) is 37.7 Å². The van der Waals surface area contributed by atoms with Gasteiger partial charge in [0, 0.05) is 60.0 Å². The molecule has 0 saturated heterocycles. The summed E-state index contributed by atoms with van der Waals surface area (Å²) in [5, 5.41) is 8.45. The van der Waals surface area contributed by atoms with Crippen molar-refractivity contribution in [3.63, 3.8) is 0 Å². The lowest BCUT2D eigenvalue weighted by atomic mass is 10.1. The van der Waals surface area contributed by atoms with Crippen LogP contribution in [-0.2, 0) is 24.6 Å². The minimum atomic E-state index is -0.296. The third kappa shape index (κ3) is 6.75. The monoisotopic (exact) mass is 525 g/mol. The van der Waals surface area contributed by atoms with Crippen LogP contribution in [0.1, 0.15) is 29.2 Å². The number of carbonyl (C=O) groups excluding carboxylic acids is 1. The molecule has 5 rings (SSSR count). The number of hydrogen-bond donors (Lipinski definition) is 3. The average molecular weight is 526 g/mol. The Hall–Kier alpha value is -4.36. The molecule has 1 aromatic heterocycles. The molecule has 0 aliphatic rings. The molecule has 0 fully saturated rings. The van der Waals surface area contributed by atoms with Crippen molar-refractivity contribution < 1.29 is 18.7 Å². The Morgan fingerprint density at radius 1 is 0.846 bits per heavy atom. The largest absolute Gasteiger partial charge is 0.489 e. The summed E-state index contributed by atoms with van der Waals surface area (Å²) in [5.74, 6) is 0.985. The smallest absolute Gasteiger partial charge is 0.216 e. The number of ether oxygens (including phenoxy) is 2. The molecular formula is C32H32FN3O3. The van der Waals surface area contributed by atoms with E-state index in [1.807, 2.05) is 24.3 Å². The van der Waals surface area contributed by atoms with Crippen molar-refractivity contribution in [1.82, 2.24) is 15.6 Å². The molecule has 3 N–H and O–H groups in total. The molecule has 1 amide bonds. The van der Waals surface area contributed by atoms with Crippen LogP contribution in [-0.4, -0.2) is 24.0 Å². The maximum atomic E-state index is 13.7. The first-order valence-corrected chi connectivity index (χ1v) is 13.0. The Morgan fingerprint density at radius 2 is 1.69 bits per heavy atom. The number of aromatic nitrogens is 1. The maximum absolute atomic E-state index is 13.7. The van der Waals surface area contributed by atoms with Gasteiger partial charge in [-0.3, -0.25) is 4.79 Å². The molecule has 39 heavy (non-hydrogen) atoms. The van der Waals surface area contributed by atoms with Crippen LogP contribution >= 0.6 is 0 Å². The topological polar surface area (TPSA) is 75.4 Å². The molecule has 4 aromatic carbocycles. The summed E-state index contributed by atoms with van der Waals surface area (Å²) in [6.07, 6.45) is 0. The van der Waals surface area contributed by atoms with Gasteiger partial charge in [0.15, 0.2) is 0 Å². The number of fused-ring (bicyclic) bond motifs is 3. The molecule has 0 atom stereocenters. The third-order valence-electron chi connectivity index (χ3n) is 6.54. The van der Waals surface area contributed by atoms with Gasteiger partial charge in [0.2, 0.25) is 5.91 Å². The van der Waals surface area contributed by atoms with E-state index in [-0.39, 0.29) is 18.3 Å². The SMILES string of the molecule is CC(=O)NCCNCc1ccc(OCc2ccc3[nH]c4cc(C)ccc4c3c2)cc1OCc1cccc(F)c1. The highest BCUT2D eigenvalue weighted by atomic mass is 19.1. The van der Waals surface area contributed by atoms with Gasteiger partial charge in [-0.15, -0.1) is 0 Å². The number of aromatic amines is 1. The molecule has 0 saturated carbocycles. The highest BCUT2D eigenvalue weighted by Gasteiger charge is 2.10. The predicted molar refractivity (Wildman–Crippen MR) is 152 cm³/mol. The van der Waals surface area contributed by atoms with Gasteiger partial charge in [-0.2, -0.15) is 0 Å². The minimum Gasteiger partial charge on any atom is -0.489 e. The zero-order valence-electron chi connectivity index (χ0n) is 22.1. The number of nitrogens with one attached hydrogen (secondary N) is 3. The average Bonchev–Trinajstić information content (AvgIpc) is 3.28. The fourth-order valence-corrected chi connectivity index (χ4v) is 4.56. The molecule has 0 spiro atoms. The second kappa shape index (κ2) is 12.0. The van der Waals surface area contributed by atoms with Gasteiger partial charge < -0.3 is 25.1 Å². The maximum Gasteiger partial charge on any atom is 0.216 e. The highest BCUT2D eigenvalue weighted by molar-refractivity contribution is 6.07. The normalized spacial score (nSPS) is 11.2. The van der Waals surface area contributed by atoms with E-state index < -0.39 is 0 Å². The Bertz CT molecular complexity index is 1610. The molecule has 1 heterocycles. The summed E-state index contributed by atoms with van der Waals surface area (Å²) in [5.41, 5.74) is 6.20. The van der Waals surface area contributed by atoms with E-state index in [0.717, 1.165) is 27.7 Å². The van der Waals surface area contributed by atoms with Crippen molar-refractivity contribution >= 4 is 27.7 Å². The van der Waals surface area contributed by atoms with E-state index in [1.54, 1.807) is 6.07 Å². The van der Waals surface area contributed by atoms with E-state index in [2.05, 4.69) is 58.9 Å². The highest BCUT2D eigenvalue weighted by Crippen LogP contribution is 2.29. The number of carbonyl (C=O) groups is 1. The number of benzene rings is 4. The number of aryl methyl sites for hydroxylation is 1. The Labute approximate surface area is 227 Å². The first-order chi connectivity index (χ1) is 18.9. The molecular weight excluding hydrogens is 493 g/mol. The number of rotatable bonds is 11. The van der Waals surface area contributed by atoms with Crippen molar-refractivity contribution in [1.29, 1.82) is 0 Å². The van der Waals surface area contributed by atoms with Gasteiger partial charge in [0.05, 0.1) is 0 Å². The van der Waals surface area contributed by atoms with Crippen LogP contribution in [0, 0.1) is 12.7 Å². The van der Waals surface area contributed by atoms with E-state index in [4.69, 9.17) is 9.47 Å². The van der Waals surface area contributed by atoms with Crippen LogP contribution in [0.3, 0.4) is 0 Å². The lowest BCUT2D eigenvalue weighted by Gasteiger charge is -2.15. The summed E-state index contributed by atoms with van der Waals surface area (Å²) in [6, 6.07) is 24.9. The van der Waals surface area contributed by atoms with Crippen LogP contribution in [0.15, 0.2) is 78.9 Å². The lowest BCUT2D eigenvalue weighted by Crippen LogP contribution is -2.30. The van der Waals surface area contributed by atoms with Gasteiger partial charge in [-0.1, -0.05) is 36.4 Å². The Kier molecular flexibility index (Phi) is 8.08. The van der Waals surface area contributed by atoms with E-state index >= 15 is 0 Å². The van der Waals surface area contributed by atoms with Gasteiger partial charge >= 0.3 is 0 Å². The van der Waals surface area contributed by atoms with Crippen LogP contribution in [0.25, 0.3) is 21.8 Å². The molecule has 0 unspecified atom stereocenters. The molecule has 5 aromatic rings. The summed E-state index contributed by atoms with van der Waals surface area (Å²) in [7, 11) is 0. The van der Waals surface area contributed by atoms with E-state index in [9.17, 15) is 9.18 Å². The Balaban J connectivity index is 1.30. The number of H-pyrrole nitrogens is 1. The number of halogens is 1. The Morgan fingerprint density at radius 3 is 2.54 bits per heavy atom. The van der Waals surface area contributed by atoms with Gasteiger partial charge in [0.1, 0.15) is 30.5 Å². The predicted octanol–water partition coefficient (Wildman–Crippen LogP) is 6.15. The quantitative estimate of drug-likeness (QED) is 0.181. The molecule has 6 nitrogen and oxygen atoms in total. The third-order valence-corrected chi connectivity index (χ3v) is 6.54. The fourth-order valence-electron chi connectivity index (χ4n) is 4.56. The zero-order chi connectivity index (χ0) is 27.2. The molecule has 0 radical (unpaired) electrons. The first kappa shape index (κ1) is 26.3. The zero-order valence-corrected chi connectivity index (χ0v) is 22.1. The summed E-state index contributed by atoms with van der Waals surface area (Å²) >= 11 is 0. The molecule has 0 bridgehead atoms. The summed E-state index contributed by atoms with van der Waals surface area (Å²) in [4.78, 5) is 14.6. The fraction of sp³-hybridized carbons (Fsp3) is 0.219. The lowest BCUT2D eigenvalue weighted by molar-refractivity contribution is -0.118. The van der Waals surface area contributed by atoms with Gasteiger partial charge in [-0.25, -0.2) is 4.39 Å². The van der Waals surface area contributed by atoms with Crippen molar-refractivity contribution in [2.45, 2.75) is 33.6 Å². The van der Waals surface area contributed by atoms with Crippen LogP contribution in [0.4, 0.5) is 4.39 Å². The molecule has 0 aliphatic heterocycles. The van der Waals surface area contributed by atoms with Crippen molar-refractivity contribution in [2.24, 2.45) is 0 Å². The first-order valence-electron chi connectivity index (χ1n) is 13.0. The molecule has 200 valence electrons. The van der Waals surface area contributed by atoms with Crippen molar-refractivity contribution in [2.75, 3.05) is 13.1 Å². The van der Waals surface area contributed by atoms with Gasteiger partial charge in [0.25, 0.3) is 0 Å². The summed E-state index contributed by atoms with van der Waals surface area (Å²) < 4.78 is 25.9. The van der Waals surface area contributed by atoms with Crippen LogP contribution in [0.2, 0.25) is 0 Å². The van der Waals surface area contributed by atoms with E-state index in [1.165, 1.54) is 35.4 Å². The molecule has 0 aliphatic carbocycles. The number of amides is 1. The summed E-state index contributed by atoms with van der Waals surface area (Å²) in [6.45, 7) is 5.94. The van der Waals surface area contributed by atoms with Crippen LogP contribution < -0.4 is 20.1 Å². The van der Waals surface area contributed by atoms with Crippen molar-refractivity contribution in [3.8, 4) is 11.5 Å². The van der Waals surface area contributed by atoms with Crippen LogP contribution in [0.5, 0.6) is 11.5 Å². The van der Waals surface area contributed by atoms with Gasteiger partial charge in [-0.05, 0) is 60.0 Å². The second-order valence-corrected chi connectivity index (χ2v) is 9.69. The minimum absolute atomic E-state index is 0.0589. The van der Waals surface area contributed by atoms with Crippen molar-refractivity contribution in [3.05, 3.63) is 107 Å².